The number of carbonyl (C=O) groups excluding carboxylic acids is 1. The first kappa shape index (κ1) is 14.6. The van der Waals surface area contributed by atoms with Crippen molar-refractivity contribution in [3.8, 4) is 0 Å². The van der Waals surface area contributed by atoms with Crippen molar-refractivity contribution in [3.63, 3.8) is 0 Å². The molecular weight excluding hydrogens is 284 g/mol. The van der Waals surface area contributed by atoms with E-state index >= 15 is 0 Å². The van der Waals surface area contributed by atoms with E-state index in [1.807, 2.05) is 26.8 Å². The molecule has 7 nitrogen and oxygen atoms in total. The van der Waals surface area contributed by atoms with Gasteiger partial charge in [0.15, 0.2) is 5.65 Å². The highest BCUT2D eigenvalue weighted by molar-refractivity contribution is 5.71. The molecule has 0 spiro atoms. The Morgan fingerprint density at radius 3 is 2.95 bits per heavy atom. The van der Waals surface area contributed by atoms with Gasteiger partial charge in [-0.1, -0.05) is 0 Å². The molecule has 1 atom stereocenters. The molecule has 118 valence electrons. The number of likely N-dealkylation sites (tertiary alicyclic amines) is 1. The number of fused-ring (bicyclic) bond motifs is 1. The number of carbonyl (C=O) groups is 1. The van der Waals surface area contributed by atoms with Crippen LogP contribution in [0.25, 0.3) is 11.2 Å². The molecule has 1 aliphatic rings. The zero-order chi connectivity index (χ0) is 15.9. The van der Waals surface area contributed by atoms with Gasteiger partial charge in [0, 0.05) is 19.3 Å². The minimum Gasteiger partial charge on any atom is -0.444 e. The topological polar surface area (TPSA) is 80.2 Å². The predicted molar refractivity (Wildman–Crippen MR) is 81.8 cm³/mol. The second-order valence-electron chi connectivity index (χ2n) is 6.54. The zero-order valence-corrected chi connectivity index (χ0v) is 13.0. The lowest BCUT2D eigenvalue weighted by Gasteiger charge is -2.24. The molecule has 1 saturated heterocycles. The Balaban J connectivity index is 1.82. The van der Waals surface area contributed by atoms with E-state index in [0.717, 1.165) is 0 Å². The van der Waals surface area contributed by atoms with Crippen LogP contribution in [0.3, 0.4) is 0 Å². The standard InChI is InChI=1S/C15H20N4O3/c1-15(2,3)22-14(21)18-8-6-10(9-18)19-12-11(17-13(19)20)5-4-7-16-12/h4-5,7,10H,6,8-9H2,1-3H3,(H,17,20). The normalized spacial score (nSPS) is 18.9. The number of hydrogen-bond acceptors (Lipinski definition) is 4. The molecule has 1 unspecified atom stereocenters. The van der Waals surface area contributed by atoms with Gasteiger partial charge in [-0.2, -0.15) is 0 Å². The van der Waals surface area contributed by atoms with Gasteiger partial charge in [-0.3, -0.25) is 4.57 Å². The van der Waals surface area contributed by atoms with Crippen molar-refractivity contribution in [2.75, 3.05) is 13.1 Å². The van der Waals surface area contributed by atoms with Crippen LogP contribution in [0, 0.1) is 0 Å². The lowest BCUT2D eigenvalue weighted by Crippen LogP contribution is -2.36. The fourth-order valence-electron chi connectivity index (χ4n) is 2.74. The van der Waals surface area contributed by atoms with Crippen LogP contribution in [0.2, 0.25) is 0 Å². The Kier molecular flexibility index (Phi) is 3.42. The third kappa shape index (κ3) is 2.70. The van der Waals surface area contributed by atoms with Crippen molar-refractivity contribution in [2.45, 2.75) is 38.8 Å². The summed E-state index contributed by atoms with van der Waals surface area (Å²) in [5.41, 5.74) is 0.630. The highest BCUT2D eigenvalue weighted by atomic mass is 16.6. The number of H-pyrrole nitrogens is 1. The Morgan fingerprint density at radius 1 is 1.45 bits per heavy atom. The first-order valence-corrected chi connectivity index (χ1v) is 7.38. The summed E-state index contributed by atoms with van der Waals surface area (Å²) in [5, 5.41) is 0. The van der Waals surface area contributed by atoms with Gasteiger partial charge in [-0.25, -0.2) is 14.6 Å². The van der Waals surface area contributed by atoms with E-state index in [-0.39, 0.29) is 17.8 Å². The van der Waals surface area contributed by atoms with E-state index < -0.39 is 5.60 Å². The van der Waals surface area contributed by atoms with Crippen LogP contribution in [-0.2, 0) is 4.74 Å². The largest absolute Gasteiger partial charge is 0.444 e. The number of nitrogens with one attached hydrogen (secondary N) is 1. The SMILES string of the molecule is CC(C)(C)OC(=O)N1CCC(n2c(=O)[nH]c3cccnc32)C1. The summed E-state index contributed by atoms with van der Waals surface area (Å²) in [6, 6.07) is 3.52. The summed E-state index contributed by atoms with van der Waals surface area (Å²) >= 11 is 0. The second kappa shape index (κ2) is 5.15. The number of imidazole rings is 1. The highest BCUT2D eigenvalue weighted by Crippen LogP contribution is 2.24. The molecule has 0 aliphatic carbocycles. The number of aromatic nitrogens is 3. The molecular formula is C15H20N4O3. The quantitative estimate of drug-likeness (QED) is 0.872. The average molecular weight is 304 g/mol. The van der Waals surface area contributed by atoms with Crippen molar-refractivity contribution in [1.29, 1.82) is 0 Å². The molecule has 3 rings (SSSR count). The number of amides is 1. The third-order valence-electron chi connectivity index (χ3n) is 3.66. The summed E-state index contributed by atoms with van der Waals surface area (Å²) < 4.78 is 7.02. The lowest BCUT2D eigenvalue weighted by molar-refractivity contribution is 0.0289. The van der Waals surface area contributed by atoms with E-state index in [1.165, 1.54) is 0 Å². The maximum absolute atomic E-state index is 12.2. The number of ether oxygens (including phenoxy) is 1. The monoisotopic (exact) mass is 304 g/mol. The summed E-state index contributed by atoms with van der Waals surface area (Å²) in [6.07, 6.45) is 2.03. The molecule has 0 saturated carbocycles. The highest BCUT2D eigenvalue weighted by Gasteiger charge is 2.32. The van der Waals surface area contributed by atoms with Gasteiger partial charge in [-0.05, 0) is 39.3 Å². The molecule has 1 fully saturated rings. The van der Waals surface area contributed by atoms with Gasteiger partial charge in [0.25, 0.3) is 0 Å². The van der Waals surface area contributed by atoms with Crippen molar-refractivity contribution < 1.29 is 9.53 Å². The number of hydrogen-bond donors (Lipinski definition) is 1. The summed E-state index contributed by atoms with van der Waals surface area (Å²) in [4.78, 5) is 33.0. The molecule has 1 N–H and O–H groups in total. The van der Waals surface area contributed by atoms with Crippen LogP contribution in [0.1, 0.15) is 33.2 Å². The lowest BCUT2D eigenvalue weighted by atomic mass is 10.2. The van der Waals surface area contributed by atoms with Crippen LogP contribution in [0.5, 0.6) is 0 Å². The molecule has 0 bridgehead atoms. The first-order chi connectivity index (χ1) is 10.3. The van der Waals surface area contributed by atoms with E-state index in [4.69, 9.17) is 4.74 Å². The second-order valence-corrected chi connectivity index (χ2v) is 6.54. The van der Waals surface area contributed by atoms with Crippen LogP contribution >= 0.6 is 0 Å². The van der Waals surface area contributed by atoms with Crippen LogP contribution in [0.4, 0.5) is 4.79 Å². The summed E-state index contributed by atoms with van der Waals surface area (Å²) in [6.45, 7) is 6.55. The van der Waals surface area contributed by atoms with E-state index in [9.17, 15) is 9.59 Å². The molecule has 3 heterocycles. The summed E-state index contributed by atoms with van der Waals surface area (Å²) in [7, 11) is 0. The van der Waals surface area contributed by atoms with Crippen LogP contribution in [0.15, 0.2) is 23.1 Å². The fraction of sp³-hybridized carbons (Fsp3) is 0.533. The van der Waals surface area contributed by atoms with Gasteiger partial charge < -0.3 is 14.6 Å². The van der Waals surface area contributed by atoms with E-state index in [0.29, 0.717) is 30.7 Å². The maximum Gasteiger partial charge on any atom is 0.410 e. The van der Waals surface area contributed by atoms with E-state index in [2.05, 4.69) is 9.97 Å². The molecule has 0 aromatic carbocycles. The maximum atomic E-state index is 12.2. The summed E-state index contributed by atoms with van der Waals surface area (Å²) in [5.74, 6) is 0. The Bertz CT molecular complexity index is 756. The van der Waals surface area contributed by atoms with Crippen molar-refractivity contribution in [2.24, 2.45) is 0 Å². The number of nitrogens with zero attached hydrogens (tertiary/aromatic N) is 3. The third-order valence-corrected chi connectivity index (χ3v) is 3.66. The van der Waals surface area contributed by atoms with Crippen molar-refractivity contribution in [3.05, 3.63) is 28.8 Å². The van der Waals surface area contributed by atoms with Gasteiger partial charge in [0.2, 0.25) is 0 Å². The molecule has 2 aromatic rings. The van der Waals surface area contributed by atoms with Crippen molar-refractivity contribution >= 4 is 17.3 Å². The van der Waals surface area contributed by atoms with Gasteiger partial charge >= 0.3 is 11.8 Å². The minimum absolute atomic E-state index is 0.0799. The smallest absolute Gasteiger partial charge is 0.410 e. The van der Waals surface area contributed by atoms with E-state index in [1.54, 1.807) is 21.7 Å². The Morgan fingerprint density at radius 2 is 2.23 bits per heavy atom. The molecule has 1 amide bonds. The molecule has 1 aliphatic heterocycles. The Hall–Kier alpha value is -2.31. The first-order valence-electron chi connectivity index (χ1n) is 7.38. The molecule has 0 radical (unpaired) electrons. The number of aromatic amines is 1. The van der Waals surface area contributed by atoms with Crippen LogP contribution < -0.4 is 5.69 Å². The number of pyridine rings is 1. The van der Waals surface area contributed by atoms with Gasteiger partial charge in [0.1, 0.15) is 5.60 Å². The van der Waals surface area contributed by atoms with Crippen molar-refractivity contribution in [1.82, 2.24) is 19.4 Å². The van der Waals surface area contributed by atoms with Crippen LogP contribution in [-0.4, -0.2) is 44.2 Å². The predicted octanol–water partition coefficient (Wildman–Crippen LogP) is 1.91. The Labute approximate surface area is 127 Å². The fourth-order valence-corrected chi connectivity index (χ4v) is 2.74. The molecule has 2 aromatic heterocycles. The molecule has 22 heavy (non-hydrogen) atoms. The minimum atomic E-state index is -0.519. The zero-order valence-electron chi connectivity index (χ0n) is 13.0. The van der Waals surface area contributed by atoms with Gasteiger partial charge in [-0.15, -0.1) is 0 Å². The molecule has 7 heteroatoms. The number of rotatable bonds is 1. The average Bonchev–Trinajstić information content (AvgIpc) is 2.99. The van der Waals surface area contributed by atoms with Gasteiger partial charge in [0.05, 0.1) is 11.6 Å².